The first-order chi connectivity index (χ1) is 7.49. The van der Waals surface area contributed by atoms with Gasteiger partial charge < -0.3 is 4.90 Å². The van der Waals surface area contributed by atoms with Crippen LogP contribution in [0.5, 0.6) is 0 Å². The van der Waals surface area contributed by atoms with Gasteiger partial charge in [0.1, 0.15) is 0 Å². The molecule has 0 unspecified atom stereocenters. The Labute approximate surface area is 98.0 Å². The standard InChI is InChI=1S/C12H19NO2S/c1-4-13(3)10-11-6-8-12(9-7-11)16(14,15)5-2/h6-9H,4-5,10H2,1-3H3. The van der Waals surface area contributed by atoms with Crippen LogP contribution in [0, 0.1) is 0 Å². The minimum absolute atomic E-state index is 0.154. The van der Waals surface area contributed by atoms with Gasteiger partial charge >= 0.3 is 0 Å². The normalized spacial score (nSPS) is 12.0. The van der Waals surface area contributed by atoms with Crippen molar-refractivity contribution in [1.82, 2.24) is 4.90 Å². The second-order valence-electron chi connectivity index (χ2n) is 3.88. The Morgan fingerprint density at radius 2 is 1.69 bits per heavy atom. The van der Waals surface area contributed by atoms with E-state index >= 15 is 0 Å². The lowest BCUT2D eigenvalue weighted by molar-refractivity contribution is 0.345. The zero-order valence-corrected chi connectivity index (χ0v) is 10.9. The van der Waals surface area contributed by atoms with Crippen molar-refractivity contribution in [2.24, 2.45) is 0 Å². The highest BCUT2D eigenvalue weighted by Crippen LogP contribution is 2.13. The molecule has 0 radical (unpaired) electrons. The Kier molecular flexibility index (Phi) is 4.50. The van der Waals surface area contributed by atoms with Crippen LogP contribution in [0.25, 0.3) is 0 Å². The van der Waals surface area contributed by atoms with E-state index in [1.807, 2.05) is 19.2 Å². The molecule has 0 aliphatic rings. The number of sulfone groups is 1. The molecule has 0 saturated carbocycles. The average molecular weight is 241 g/mol. The van der Waals surface area contributed by atoms with Crippen molar-refractivity contribution in [3.63, 3.8) is 0 Å². The molecule has 0 fully saturated rings. The second-order valence-corrected chi connectivity index (χ2v) is 6.16. The molecule has 3 nitrogen and oxygen atoms in total. The smallest absolute Gasteiger partial charge is 0.178 e. The molecular formula is C12H19NO2S. The Bertz CT molecular complexity index is 423. The fourth-order valence-corrected chi connectivity index (χ4v) is 2.28. The molecule has 0 atom stereocenters. The van der Waals surface area contributed by atoms with Crippen LogP contribution in [0.3, 0.4) is 0 Å². The van der Waals surface area contributed by atoms with Gasteiger partial charge in [0.05, 0.1) is 10.6 Å². The molecule has 0 aromatic heterocycles. The Hall–Kier alpha value is -0.870. The van der Waals surface area contributed by atoms with Crippen molar-refractivity contribution in [1.29, 1.82) is 0 Å². The Balaban J connectivity index is 2.84. The average Bonchev–Trinajstić information content (AvgIpc) is 2.29. The monoisotopic (exact) mass is 241 g/mol. The van der Waals surface area contributed by atoms with Crippen LogP contribution in [0.1, 0.15) is 19.4 Å². The lowest BCUT2D eigenvalue weighted by Crippen LogP contribution is -2.16. The highest BCUT2D eigenvalue weighted by Gasteiger charge is 2.10. The molecule has 90 valence electrons. The summed E-state index contributed by atoms with van der Waals surface area (Å²) in [6, 6.07) is 7.15. The Morgan fingerprint density at radius 3 is 2.12 bits per heavy atom. The zero-order chi connectivity index (χ0) is 12.2. The van der Waals surface area contributed by atoms with Crippen molar-refractivity contribution in [3.8, 4) is 0 Å². The second kappa shape index (κ2) is 5.46. The zero-order valence-electron chi connectivity index (χ0n) is 10.1. The van der Waals surface area contributed by atoms with Crippen LogP contribution >= 0.6 is 0 Å². The highest BCUT2D eigenvalue weighted by atomic mass is 32.2. The van der Waals surface area contributed by atoms with Crippen LogP contribution in [0.4, 0.5) is 0 Å². The van der Waals surface area contributed by atoms with E-state index in [0.717, 1.165) is 18.7 Å². The van der Waals surface area contributed by atoms with Crippen LogP contribution in [0.2, 0.25) is 0 Å². The molecule has 1 rings (SSSR count). The van der Waals surface area contributed by atoms with Crippen LogP contribution in [0.15, 0.2) is 29.2 Å². The summed E-state index contributed by atoms with van der Waals surface area (Å²) in [5, 5.41) is 0. The molecule has 0 N–H and O–H groups in total. The fourth-order valence-electron chi connectivity index (χ4n) is 1.39. The van der Waals surface area contributed by atoms with Gasteiger partial charge in [-0.15, -0.1) is 0 Å². The third kappa shape index (κ3) is 3.32. The molecule has 0 heterocycles. The highest BCUT2D eigenvalue weighted by molar-refractivity contribution is 7.91. The van der Waals surface area contributed by atoms with Crippen molar-refractivity contribution >= 4 is 9.84 Å². The number of rotatable bonds is 5. The SMILES string of the molecule is CCN(C)Cc1ccc(S(=O)(=O)CC)cc1. The summed E-state index contributed by atoms with van der Waals surface area (Å²) in [5.74, 6) is 0.154. The minimum atomic E-state index is -3.06. The van der Waals surface area contributed by atoms with Gasteiger partial charge in [0, 0.05) is 6.54 Å². The Morgan fingerprint density at radius 1 is 1.12 bits per heavy atom. The maximum Gasteiger partial charge on any atom is 0.178 e. The van der Waals surface area contributed by atoms with E-state index < -0.39 is 9.84 Å². The molecular weight excluding hydrogens is 222 g/mol. The molecule has 0 spiro atoms. The van der Waals surface area contributed by atoms with Crippen molar-refractivity contribution in [2.45, 2.75) is 25.3 Å². The van der Waals surface area contributed by atoms with E-state index in [1.54, 1.807) is 19.1 Å². The number of nitrogens with zero attached hydrogens (tertiary/aromatic N) is 1. The van der Waals surface area contributed by atoms with Gasteiger partial charge in [-0.05, 0) is 31.3 Å². The number of hydrogen-bond donors (Lipinski definition) is 0. The lowest BCUT2D eigenvalue weighted by Gasteiger charge is -2.13. The summed E-state index contributed by atoms with van der Waals surface area (Å²) in [7, 11) is -1.02. The number of benzene rings is 1. The topological polar surface area (TPSA) is 37.4 Å². The summed E-state index contributed by atoms with van der Waals surface area (Å²) in [6.07, 6.45) is 0. The minimum Gasteiger partial charge on any atom is -0.302 e. The van der Waals surface area contributed by atoms with Crippen LogP contribution in [-0.4, -0.2) is 32.7 Å². The van der Waals surface area contributed by atoms with E-state index in [2.05, 4.69) is 11.8 Å². The van der Waals surface area contributed by atoms with E-state index in [4.69, 9.17) is 0 Å². The van der Waals surface area contributed by atoms with E-state index in [-0.39, 0.29) is 5.75 Å². The molecule has 0 saturated heterocycles. The predicted octanol–water partition coefficient (Wildman–Crippen LogP) is 1.93. The third-order valence-electron chi connectivity index (χ3n) is 2.65. The van der Waals surface area contributed by atoms with Gasteiger partial charge in [0.2, 0.25) is 0 Å². The molecule has 16 heavy (non-hydrogen) atoms. The maximum absolute atomic E-state index is 11.6. The van der Waals surface area contributed by atoms with Crippen molar-refractivity contribution in [3.05, 3.63) is 29.8 Å². The van der Waals surface area contributed by atoms with E-state index in [9.17, 15) is 8.42 Å². The summed E-state index contributed by atoms with van der Waals surface area (Å²) >= 11 is 0. The lowest BCUT2D eigenvalue weighted by atomic mass is 10.2. The molecule has 0 aliphatic heterocycles. The first-order valence-electron chi connectivity index (χ1n) is 5.49. The predicted molar refractivity (Wildman–Crippen MR) is 66.2 cm³/mol. The van der Waals surface area contributed by atoms with Crippen molar-refractivity contribution in [2.75, 3.05) is 19.3 Å². The molecule has 1 aromatic carbocycles. The van der Waals surface area contributed by atoms with Gasteiger partial charge in [-0.25, -0.2) is 8.42 Å². The fraction of sp³-hybridized carbons (Fsp3) is 0.500. The first-order valence-corrected chi connectivity index (χ1v) is 7.15. The third-order valence-corrected chi connectivity index (χ3v) is 4.41. The maximum atomic E-state index is 11.6. The van der Waals surface area contributed by atoms with E-state index in [1.165, 1.54) is 0 Å². The molecule has 4 heteroatoms. The molecule has 0 aliphatic carbocycles. The molecule has 1 aromatic rings. The number of hydrogen-bond acceptors (Lipinski definition) is 3. The first kappa shape index (κ1) is 13.2. The van der Waals surface area contributed by atoms with Gasteiger partial charge in [-0.1, -0.05) is 26.0 Å². The van der Waals surface area contributed by atoms with Crippen LogP contribution < -0.4 is 0 Å². The summed E-state index contributed by atoms with van der Waals surface area (Å²) in [5.41, 5.74) is 1.14. The quantitative estimate of drug-likeness (QED) is 0.790. The summed E-state index contributed by atoms with van der Waals surface area (Å²) in [6.45, 7) is 5.59. The molecule has 0 bridgehead atoms. The van der Waals surface area contributed by atoms with Crippen LogP contribution in [-0.2, 0) is 16.4 Å². The van der Waals surface area contributed by atoms with Gasteiger partial charge in [0.15, 0.2) is 9.84 Å². The van der Waals surface area contributed by atoms with Gasteiger partial charge in [-0.2, -0.15) is 0 Å². The summed E-state index contributed by atoms with van der Waals surface area (Å²) in [4.78, 5) is 2.58. The largest absolute Gasteiger partial charge is 0.302 e. The summed E-state index contributed by atoms with van der Waals surface area (Å²) < 4.78 is 23.2. The van der Waals surface area contributed by atoms with Gasteiger partial charge in [-0.3, -0.25) is 0 Å². The van der Waals surface area contributed by atoms with E-state index in [0.29, 0.717) is 4.90 Å². The molecule has 0 amide bonds. The van der Waals surface area contributed by atoms with Gasteiger partial charge in [0.25, 0.3) is 0 Å². The van der Waals surface area contributed by atoms with Crippen molar-refractivity contribution < 1.29 is 8.42 Å².